The maximum absolute atomic E-state index is 6.69. The number of nitrogens with zero attached hydrogens (tertiary/aromatic N) is 4. The van der Waals surface area contributed by atoms with Crippen LogP contribution in [0.5, 0.6) is 0 Å². The van der Waals surface area contributed by atoms with Crippen LogP contribution in [0, 0.1) is 0 Å². The van der Waals surface area contributed by atoms with Crippen LogP contribution in [0.1, 0.15) is 30.7 Å². The normalized spacial score (nSPS) is 13.5. The first-order valence-electron chi connectivity index (χ1n) is 23.4. The fraction of sp³-hybridized carbons (Fsp3) is 0.0635. The van der Waals surface area contributed by atoms with Gasteiger partial charge in [0.1, 0.15) is 11.2 Å². The van der Waals surface area contributed by atoms with E-state index in [0.717, 1.165) is 85.2 Å². The summed E-state index contributed by atoms with van der Waals surface area (Å²) in [5.74, 6) is 2.33. The molecule has 0 fully saturated rings. The van der Waals surface area contributed by atoms with Gasteiger partial charge in [0.2, 0.25) is 0 Å². The number of rotatable bonds is 10. The van der Waals surface area contributed by atoms with Crippen LogP contribution in [-0.4, -0.2) is 15.0 Å². The molecule has 5 nitrogen and oxygen atoms in total. The number of fused-ring (bicyclic) bond motifs is 3. The van der Waals surface area contributed by atoms with Crippen LogP contribution < -0.4 is 4.90 Å². The van der Waals surface area contributed by atoms with E-state index >= 15 is 0 Å². The number of hydrogen-bond donors (Lipinski definition) is 0. The first-order chi connectivity index (χ1) is 33.7. The average molecular weight is 875 g/mol. The molecule has 1 aliphatic carbocycles. The number of allylic oxidation sites excluding steroid dienone is 2. The number of para-hydroxylation sites is 1. The zero-order valence-electron chi connectivity index (χ0n) is 37.4. The minimum Gasteiger partial charge on any atom is -0.456 e. The summed E-state index contributed by atoms with van der Waals surface area (Å²) in [6.07, 6.45) is 8.07. The molecular weight excluding hydrogens is 829 g/mol. The van der Waals surface area contributed by atoms with Crippen LogP contribution >= 0.6 is 0 Å². The van der Waals surface area contributed by atoms with Crippen LogP contribution in [-0.2, 0) is 0 Å². The zero-order chi connectivity index (χ0) is 45.2. The molecule has 0 aliphatic heterocycles. The zero-order valence-corrected chi connectivity index (χ0v) is 37.4. The number of benzene rings is 9. The van der Waals surface area contributed by atoms with E-state index in [1.807, 2.05) is 18.2 Å². The monoisotopic (exact) mass is 874 g/mol. The lowest BCUT2D eigenvalue weighted by Gasteiger charge is -2.25. The predicted molar refractivity (Wildman–Crippen MR) is 280 cm³/mol. The van der Waals surface area contributed by atoms with Crippen molar-refractivity contribution in [3.05, 3.63) is 242 Å². The highest BCUT2D eigenvalue weighted by Crippen LogP contribution is 2.42. The Bertz CT molecular complexity index is 3570. The summed E-state index contributed by atoms with van der Waals surface area (Å²) in [6.45, 7) is 0. The average Bonchev–Trinajstić information content (AvgIpc) is 3.81. The number of furan rings is 1. The molecule has 0 saturated carbocycles. The highest BCUT2D eigenvalue weighted by molar-refractivity contribution is 6.13. The van der Waals surface area contributed by atoms with Gasteiger partial charge in [-0.2, -0.15) is 0 Å². The first-order valence-corrected chi connectivity index (χ1v) is 23.4. The number of hydrogen-bond acceptors (Lipinski definition) is 5. The Kier molecular flexibility index (Phi) is 10.8. The van der Waals surface area contributed by atoms with Crippen LogP contribution in [0.15, 0.2) is 241 Å². The van der Waals surface area contributed by atoms with E-state index in [1.54, 1.807) is 0 Å². The molecule has 12 rings (SSSR count). The fourth-order valence-corrected chi connectivity index (χ4v) is 9.74. The van der Waals surface area contributed by atoms with E-state index in [1.165, 1.54) is 28.7 Å². The van der Waals surface area contributed by atoms with Crippen LogP contribution in [0.25, 0.3) is 89.5 Å². The molecule has 1 unspecified atom stereocenters. The van der Waals surface area contributed by atoms with Crippen molar-refractivity contribution in [2.45, 2.75) is 25.2 Å². The van der Waals surface area contributed by atoms with Crippen molar-refractivity contribution in [2.75, 3.05) is 4.90 Å². The maximum Gasteiger partial charge on any atom is 0.164 e. The van der Waals surface area contributed by atoms with Gasteiger partial charge in [-0.3, -0.25) is 0 Å². The quantitative estimate of drug-likeness (QED) is 0.128. The summed E-state index contributed by atoms with van der Waals surface area (Å²) < 4.78 is 6.69. The van der Waals surface area contributed by atoms with E-state index in [0.29, 0.717) is 23.4 Å². The van der Waals surface area contributed by atoms with Crippen molar-refractivity contribution in [1.82, 2.24) is 15.0 Å². The molecule has 2 aromatic heterocycles. The van der Waals surface area contributed by atoms with E-state index in [4.69, 9.17) is 19.4 Å². The minimum absolute atomic E-state index is 0.337. The lowest BCUT2D eigenvalue weighted by atomic mass is 9.86. The summed E-state index contributed by atoms with van der Waals surface area (Å²) >= 11 is 0. The van der Waals surface area contributed by atoms with Crippen molar-refractivity contribution < 1.29 is 4.42 Å². The van der Waals surface area contributed by atoms with Gasteiger partial charge in [0, 0.05) is 56.5 Å². The Morgan fingerprint density at radius 2 is 0.912 bits per heavy atom. The van der Waals surface area contributed by atoms with E-state index in [-0.39, 0.29) is 0 Å². The van der Waals surface area contributed by atoms with Gasteiger partial charge in [-0.25, -0.2) is 15.0 Å². The molecule has 9 aromatic carbocycles. The summed E-state index contributed by atoms with van der Waals surface area (Å²) in [5.41, 5.74) is 15.9. The largest absolute Gasteiger partial charge is 0.456 e. The Labute approximate surface area is 396 Å². The topological polar surface area (TPSA) is 55.1 Å². The van der Waals surface area contributed by atoms with Crippen LogP contribution in [0.2, 0.25) is 0 Å². The number of aromatic nitrogens is 3. The van der Waals surface area contributed by atoms with Crippen molar-refractivity contribution >= 4 is 39.0 Å². The highest BCUT2D eigenvalue weighted by Gasteiger charge is 2.21. The second-order valence-electron chi connectivity index (χ2n) is 17.4. The molecule has 0 amide bonds. The van der Waals surface area contributed by atoms with Crippen molar-refractivity contribution in [3.8, 4) is 67.5 Å². The molecule has 0 saturated heterocycles. The molecule has 5 heteroatoms. The summed E-state index contributed by atoms with van der Waals surface area (Å²) in [6, 6.07) is 78.9. The molecule has 2 heterocycles. The SMILES string of the molecule is C1=CC(c2ccccc2-c2nc(-c3ccccc3)nc(-c3ccc(-c4cccc5oc6cc(N(c7ccccc7)c7ccc(-c8ccc(-c9ccccc9)cc8)cc7)ccc6c45)cc3)n2)CCC1. The van der Waals surface area contributed by atoms with Gasteiger partial charge in [0.15, 0.2) is 17.5 Å². The van der Waals surface area contributed by atoms with Gasteiger partial charge in [0.05, 0.1) is 0 Å². The van der Waals surface area contributed by atoms with E-state index in [9.17, 15) is 0 Å². The molecule has 0 bridgehead atoms. The molecule has 324 valence electrons. The third-order valence-corrected chi connectivity index (χ3v) is 13.2. The molecule has 0 spiro atoms. The number of anilines is 3. The molecule has 1 atom stereocenters. The Morgan fingerprint density at radius 1 is 0.397 bits per heavy atom. The van der Waals surface area contributed by atoms with Crippen molar-refractivity contribution in [2.24, 2.45) is 0 Å². The minimum atomic E-state index is 0.337. The lowest BCUT2D eigenvalue weighted by Crippen LogP contribution is -2.09. The first kappa shape index (κ1) is 40.8. The molecule has 68 heavy (non-hydrogen) atoms. The van der Waals surface area contributed by atoms with Gasteiger partial charge >= 0.3 is 0 Å². The Balaban J connectivity index is 0.877. The van der Waals surface area contributed by atoms with Crippen molar-refractivity contribution in [3.63, 3.8) is 0 Å². The smallest absolute Gasteiger partial charge is 0.164 e. The Hall–Kier alpha value is -8.67. The molecule has 11 aromatic rings. The maximum atomic E-state index is 6.69. The predicted octanol–water partition coefficient (Wildman–Crippen LogP) is 17.1. The fourth-order valence-electron chi connectivity index (χ4n) is 9.74. The third kappa shape index (κ3) is 7.94. The van der Waals surface area contributed by atoms with E-state index < -0.39 is 0 Å². The second kappa shape index (κ2) is 18.0. The lowest BCUT2D eigenvalue weighted by molar-refractivity contribution is 0.655. The van der Waals surface area contributed by atoms with Gasteiger partial charge in [-0.15, -0.1) is 0 Å². The second-order valence-corrected chi connectivity index (χ2v) is 17.4. The Morgan fingerprint density at radius 3 is 1.59 bits per heavy atom. The summed E-state index contributed by atoms with van der Waals surface area (Å²) in [5, 5.41) is 2.14. The van der Waals surface area contributed by atoms with E-state index in [2.05, 4.69) is 223 Å². The van der Waals surface area contributed by atoms with Crippen LogP contribution in [0.3, 0.4) is 0 Å². The van der Waals surface area contributed by atoms with Gasteiger partial charge in [-0.05, 0) is 101 Å². The van der Waals surface area contributed by atoms with Crippen molar-refractivity contribution in [1.29, 1.82) is 0 Å². The molecule has 1 aliphatic rings. The third-order valence-electron chi connectivity index (χ3n) is 13.2. The van der Waals surface area contributed by atoms with Gasteiger partial charge in [-0.1, -0.05) is 188 Å². The standard InChI is InChI=1S/C63H46N4O/c1-5-16-43(17-6-1)44-28-30-45(31-29-44)46-36-38-52(39-37-46)67(51-22-11-4-12-23-51)53-40-41-57-59(42-53)68-58-27-15-26-55(60(57)58)48-32-34-50(35-33-48)62-64-61(49-20-9-3-10-21-49)65-63(66-62)56-25-14-13-24-54(56)47-18-7-2-8-19-47/h1,3-7,9-18,20-42,47H,2,8,19H2. The molecular formula is C63H46N4O. The highest BCUT2D eigenvalue weighted by atomic mass is 16.3. The van der Waals surface area contributed by atoms with Crippen LogP contribution in [0.4, 0.5) is 17.1 Å². The summed E-state index contributed by atoms with van der Waals surface area (Å²) in [7, 11) is 0. The molecule has 0 radical (unpaired) electrons. The summed E-state index contributed by atoms with van der Waals surface area (Å²) in [4.78, 5) is 17.6. The van der Waals surface area contributed by atoms with Gasteiger partial charge < -0.3 is 9.32 Å². The van der Waals surface area contributed by atoms with Gasteiger partial charge in [0.25, 0.3) is 0 Å². The molecule has 0 N–H and O–H groups in total.